The molecule has 0 amide bonds. The summed E-state index contributed by atoms with van der Waals surface area (Å²) in [6.45, 7) is 0. The van der Waals surface area contributed by atoms with Gasteiger partial charge < -0.3 is 0 Å². The fourth-order valence-electron chi connectivity index (χ4n) is 3.64. The summed E-state index contributed by atoms with van der Waals surface area (Å²) in [5, 5.41) is 2.57. The molecule has 2 aromatic carbocycles. The molecular formula is C21H21N. The molecule has 0 saturated heterocycles. The van der Waals surface area contributed by atoms with Crippen LogP contribution in [0.5, 0.6) is 0 Å². The van der Waals surface area contributed by atoms with Crippen LogP contribution in [0.3, 0.4) is 0 Å². The largest absolute Gasteiger partial charge is 0.256 e. The number of rotatable bonds is 2. The van der Waals surface area contributed by atoms with E-state index in [1.54, 1.807) is 0 Å². The van der Waals surface area contributed by atoms with Crippen LogP contribution in [-0.4, -0.2) is 4.98 Å². The van der Waals surface area contributed by atoms with Gasteiger partial charge in [-0.15, -0.1) is 0 Å². The highest BCUT2D eigenvalue weighted by molar-refractivity contribution is 5.86. The SMILES string of the molecule is c1ccc2cc(-c3cc(C4CCCCC4)ccn3)ccc2c1. The van der Waals surface area contributed by atoms with Crippen LogP contribution in [0.4, 0.5) is 0 Å². The Bertz CT molecular complexity index is 785. The Hall–Kier alpha value is -2.15. The monoisotopic (exact) mass is 287 g/mol. The zero-order valence-electron chi connectivity index (χ0n) is 12.8. The highest BCUT2D eigenvalue weighted by atomic mass is 14.7. The van der Waals surface area contributed by atoms with E-state index in [-0.39, 0.29) is 0 Å². The minimum Gasteiger partial charge on any atom is -0.256 e. The smallest absolute Gasteiger partial charge is 0.0705 e. The summed E-state index contributed by atoms with van der Waals surface area (Å²) in [5.74, 6) is 0.732. The fraction of sp³-hybridized carbons (Fsp3) is 0.286. The van der Waals surface area contributed by atoms with Crippen LogP contribution in [-0.2, 0) is 0 Å². The molecule has 3 aromatic rings. The summed E-state index contributed by atoms with van der Waals surface area (Å²) in [6, 6.07) is 19.7. The normalized spacial score (nSPS) is 16.0. The topological polar surface area (TPSA) is 12.9 Å². The van der Waals surface area contributed by atoms with E-state index >= 15 is 0 Å². The van der Waals surface area contributed by atoms with Gasteiger partial charge in [0.05, 0.1) is 5.69 Å². The van der Waals surface area contributed by atoms with Crippen LogP contribution in [0.25, 0.3) is 22.0 Å². The lowest BCUT2D eigenvalue weighted by molar-refractivity contribution is 0.443. The van der Waals surface area contributed by atoms with Gasteiger partial charge in [-0.2, -0.15) is 0 Å². The molecule has 1 saturated carbocycles. The summed E-state index contributed by atoms with van der Waals surface area (Å²) in [4.78, 5) is 4.61. The van der Waals surface area contributed by atoms with Crippen LogP contribution >= 0.6 is 0 Å². The van der Waals surface area contributed by atoms with E-state index in [2.05, 4.69) is 59.6 Å². The Morgan fingerprint density at radius 2 is 1.59 bits per heavy atom. The first-order valence-corrected chi connectivity index (χ1v) is 8.35. The number of aromatic nitrogens is 1. The summed E-state index contributed by atoms with van der Waals surface area (Å²) < 4.78 is 0. The molecule has 4 rings (SSSR count). The van der Waals surface area contributed by atoms with Crippen LogP contribution in [0, 0.1) is 0 Å². The van der Waals surface area contributed by atoms with E-state index in [0.717, 1.165) is 11.6 Å². The van der Waals surface area contributed by atoms with Crippen molar-refractivity contribution in [1.82, 2.24) is 4.98 Å². The van der Waals surface area contributed by atoms with Crippen molar-refractivity contribution in [2.45, 2.75) is 38.0 Å². The second kappa shape index (κ2) is 5.92. The predicted octanol–water partition coefficient (Wildman–Crippen LogP) is 5.95. The summed E-state index contributed by atoms with van der Waals surface area (Å²) in [6.07, 6.45) is 8.80. The first-order valence-electron chi connectivity index (χ1n) is 8.35. The molecule has 0 atom stereocenters. The van der Waals surface area contributed by atoms with Gasteiger partial charge in [-0.05, 0) is 53.3 Å². The third kappa shape index (κ3) is 2.64. The third-order valence-corrected chi connectivity index (χ3v) is 4.91. The molecule has 1 aliphatic rings. The molecule has 1 heterocycles. The van der Waals surface area contributed by atoms with Gasteiger partial charge in [0.2, 0.25) is 0 Å². The number of hydrogen-bond donors (Lipinski definition) is 0. The molecule has 0 spiro atoms. The average Bonchev–Trinajstić information content (AvgIpc) is 2.62. The Morgan fingerprint density at radius 1 is 0.773 bits per heavy atom. The molecule has 110 valence electrons. The van der Waals surface area contributed by atoms with Gasteiger partial charge in [0.15, 0.2) is 0 Å². The Kier molecular flexibility index (Phi) is 3.64. The Labute approximate surface area is 132 Å². The van der Waals surface area contributed by atoms with Gasteiger partial charge in [-0.3, -0.25) is 4.98 Å². The van der Waals surface area contributed by atoms with Gasteiger partial charge in [-0.1, -0.05) is 55.7 Å². The molecule has 1 fully saturated rings. The number of nitrogens with zero attached hydrogens (tertiary/aromatic N) is 1. The first-order chi connectivity index (χ1) is 10.9. The summed E-state index contributed by atoms with van der Waals surface area (Å²) >= 11 is 0. The third-order valence-electron chi connectivity index (χ3n) is 4.91. The lowest BCUT2D eigenvalue weighted by atomic mass is 9.84. The van der Waals surface area contributed by atoms with Crippen molar-refractivity contribution < 1.29 is 0 Å². The van der Waals surface area contributed by atoms with E-state index in [1.807, 2.05) is 6.20 Å². The number of fused-ring (bicyclic) bond motifs is 1. The number of hydrogen-bond acceptors (Lipinski definition) is 1. The molecule has 1 nitrogen and oxygen atoms in total. The second-order valence-electron chi connectivity index (χ2n) is 6.37. The molecule has 0 unspecified atom stereocenters. The molecule has 0 radical (unpaired) electrons. The van der Waals surface area contributed by atoms with Crippen LogP contribution in [0.15, 0.2) is 60.8 Å². The molecule has 0 N–H and O–H groups in total. The van der Waals surface area contributed by atoms with Crippen molar-refractivity contribution in [3.63, 3.8) is 0 Å². The van der Waals surface area contributed by atoms with Crippen LogP contribution in [0.1, 0.15) is 43.6 Å². The highest BCUT2D eigenvalue weighted by Gasteiger charge is 2.16. The van der Waals surface area contributed by atoms with Gasteiger partial charge >= 0.3 is 0 Å². The predicted molar refractivity (Wildman–Crippen MR) is 93.0 cm³/mol. The average molecular weight is 287 g/mol. The van der Waals surface area contributed by atoms with Crippen molar-refractivity contribution in [2.75, 3.05) is 0 Å². The summed E-state index contributed by atoms with van der Waals surface area (Å²) in [7, 11) is 0. The minimum absolute atomic E-state index is 0.732. The van der Waals surface area contributed by atoms with E-state index in [4.69, 9.17) is 0 Å². The lowest BCUT2D eigenvalue weighted by Gasteiger charge is -2.22. The van der Waals surface area contributed by atoms with Crippen molar-refractivity contribution >= 4 is 10.8 Å². The van der Waals surface area contributed by atoms with Crippen molar-refractivity contribution in [3.8, 4) is 11.3 Å². The Balaban J connectivity index is 1.71. The maximum absolute atomic E-state index is 4.61. The molecule has 22 heavy (non-hydrogen) atoms. The highest BCUT2D eigenvalue weighted by Crippen LogP contribution is 2.34. The van der Waals surface area contributed by atoms with E-state index in [9.17, 15) is 0 Å². The van der Waals surface area contributed by atoms with Crippen LogP contribution in [0.2, 0.25) is 0 Å². The summed E-state index contributed by atoms with van der Waals surface area (Å²) in [5.41, 5.74) is 3.79. The molecule has 1 heteroatoms. The lowest BCUT2D eigenvalue weighted by Crippen LogP contribution is -2.04. The molecule has 1 aliphatic carbocycles. The van der Waals surface area contributed by atoms with Gasteiger partial charge in [0, 0.05) is 11.8 Å². The second-order valence-corrected chi connectivity index (χ2v) is 6.37. The maximum Gasteiger partial charge on any atom is 0.0705 e. The molecule has 0 aliphatic heterocycles. The van der Waals surface area contributed by atoms with Crippen LogP contribution < -0.4 is 0 Å². The maximum atomic E-state index is 4.61. The van der Waals surface area contributed by atoms with Crippen molar-refractivity contribution in [2.24, 2.45) is 0 Å². The van der Waals surface area contributed by atoms with Gasteiger partial charge in [-0.25, -0.2) is 0 Å². The molecule has 1 aromatic heterocycles. The fourth-order valence-corrected chi connectivity index (χ4v) is 3.64. The number of pyridine rings is 1. The van der Waals surface area contributed by atoms with Crippen molar-refractivity contribution in [3.05, 3.63) is 66.4 Å². The van der Waals surface area contributed by atoms with E-state index in [1.165, 1.54) is 54.0 Å². The zero-order chi connectivity index (χ0) is 14.8. The molecule has 0 bridgehead atoms. The van der Waals surface area contributed by atoms with Gasteiger partial charge in [0.25, 0.3) is 0 Å². The van der Waals surface area contributed by atoms with Crippen molar-refractivity contribution in [1.29, 1.82) is 0 Å². The first kappa shape index (κ1) is 13.5. The van der Waals surface area contributed by atoms with E-state index in [0.29, 0.717) is 0 Å². The quantitative estimate of drug-likeness (QED) is 0.567. The minimum atomic E-state index is 0.732. The van der Waals surface area contributed by atoms with E-state index < -0.39 is 0 Å². The zero-order valence-corrected chi connectivity index (χ0v) is 12.8. The van der Waals surface area contributed by atoms with Gasteiger partial charge in [0.1, 0.15) is 0 Å². The number of benzene rings is 2. The molecular weight excluding hydrogens is 266 g/mol. The Morgan fingerprint density at radius 3 is 2.45 bits per heavy atom. The standard InChI is InChI=1S/C21H21N/c1-2-6-16(7-3-1)19-12-13-22-21(15-19)20-11-10-17-8-4-5-9-18(17)14-20/h4-5,8-16H,1-3,6-7H2.